The van der Waals surface area contributed by atoms with E-state index in [4.69, 9.17) is 0 Å². The first-order valence-corrected chi connectivity index (χ1v) is 11.0. The molecule has 0 atom stereocenters. The summed E-state index contributed by atoms with van der Waals surface area (Å²) in [6.45, 7) is 21.8. The van der Waals surface area contributed by atoms with Crippen molar-refractivity contribution in [2.75, 3.05) is 9.80 Å². The molecule has 0 unspecified atom stereocenters. The molecule has 0 saturated heterocycles. The van der Waals surface area contributed by atoms with Crippen LogP contribution >= 0.6 is 0 Å². The highest BCUT2D eigenvalue weighted by Gasteiger charge is 2.19. The van der Waals surface area contributed by atoms with Crippen molar-refractivity contribution in [2.45, 2.75) is 79.1 Å². The molecule has 0 bridgehead atoms. The van der Waals surface area contributed by atoms with E-state index in [1.54, 1.807) is 0 Å². The molecular weight excluding hydrogens is 352 g/mol. The van der Waals surface area contributed by atoms with Crippen molar-refractivity contribution in [3.8, 4) is 0 Å². The van der Waals surface area contributed by atoms with Crippen molar-refractivity contribution < 1.29 is 0 Å². The maximum atomic E-state index is 3.66. The van der Waals surface area contributed by atoms with Crippen molar-refractivity contribution >= 4 is 11.4 Å². The van der Waals surface area contributed by atoms with Gasteiger partial charge in [-0.05, 0) is 58.3 Å². The van der Waals surface area contributed by atoms with Gasteiger partial charge in [-0.3, -0.25) is 0 Å². The molecule has 1 heterocycles. The smallest absolute Gasteiger partial charge is 0.0175 e. The molecule has 2 aromatic carbocycles. The Morgan fingerprint density at radius 3 is 1.03 bits per heavy atom. The fourth-order valence-electron chi connectivity index (χ4n) is 4.14. The second-order valence-electron chi connectivity index (χ2n) is 9.33. The normalized spacial score (nSPS) is 14.3. The summed E-state index contributed by atoms with van der Waals surface area (Å²) in [5.74, 6) is 1.84. The van der Waals surface area contributed by atoms with Crippen LogP contribution in [-0.2, 0) is 0 Å². The van der Waals surface area contributed by atoms with E-state index in [0.29, 0.717) is 23.7 Å². The first-order valence-electron chi connectivity index (χ1n) is 11.0. The second-order valence-corrected chi connectivity index (χ2v) is 9.33. The lowest BCUT2D eigenvalue weighted by Crippen LogP contribution is -2.23. The van der Waals surface area contributed by atoms with Crippen LogP contribution in [-0.4, -0.2) is 0 Å². The van der Waals surface area contributed by atoms with Crippen molar-refractivity contribution in [1.29, 1.82) is 0 Å². The third-order valence-corrected chi connectivity index (χ3v) is 5.75. The SMILES string of the molecule is CC(C)c1cccc(C(C)C)c1N1[C-]N(c2c(C(C)C)cccc2C(C)C)C=C1. The van der Waals surface area contributed by atoms with Crippen LogP contribution in [0.2, 0.25) is 0 Å². The van der Waals surface area contributed by atoms with E-state index in [0.717, 1.165) is 0 Å². The van der Waals surface area contributed by atoms with Crippen LogP contribution in [0.1, 0.15) is 101 Å². The van der Waals surface area contributed by atoms with E-state index in [1.165, 1.54) is 33.6 Å². The number of para-hydroxylation sites is 2. The topological polar surface area (TPSA) is 6.48 Å². The van der Waals surface area contributed by atoms with Gasteiger partial charge in [-0.15, -0.1) is 0 Å². The number of anilines is 2. The third-order valence-electron chi connectivity index (χ3n) is 5.75. The Balaban J connectivity index is 2.05. The van der Waals surface area contributed by atoms with Crippen molar-refractivity contribution in [2.24, 2.45) is 0 Å². The molecule has 0 spiro atoms. The third kappa shape index (κ3) is 4.22. The van der Waals surface area contributed by atoms with Gasteiger partial charge in [0.15, 0.2) is 0 Å². The van der Waals surface area contributed by atoms with Gasteiger partial charge in [-0.2, -0.15) is 0 Å². The van der Waals surface area contributed by atoms with Crippen LogP contribution in [0.4, 0.5) is 11.4 Å². The van der Waals surface area contributed by atoms with Gasteiger partial charge < -0.3 is 9.80 Å². The minimum absolute atomic E-state index is 0.460. The Bertz CT molecular complexity index is 750. The van der Waals surface area contributed by atoms with Gasteiger partial charge >= 0.3 is 0 Å². The average molecular weight is 389 g/mol. The predicted molar refractivity (Wildman–Crippen MR) is 127 cm³/mol. The molecule has 0 amide bonds. The fraction of sp³-hybridized carbons (Fsp3) is 0.444. The Hall–Kier alpha value is -2.22. The molecule has 2 aromatic rings. The van der Waals surface area contributed by atoms with E-state index < -0.39 is 0 Å². The molecule has 1 aliphatic rings. The molecule has 0 aliphatic carbocycles. The van der Waals surface area contributed by atoms with Gasteiger partial charge in [0.1, 0.15) is 0 Å². The van der Waals surface area contributed by atoms with Crippen LogP contribution < -0.4 is 9.80 Å². The van der Waals surface area contributed by atoms with Crippen molar-refractivity contribution in [1.82, 2.24) is 0 Å². The van der Waals surface area contributed by atoms with E-state index >= 15 is 0 Å². The van der Waals surface area contributed by atoms with Gasteiger partial charge in [-0.1, -0.05) is 91.8 Å². The van der Waals surface area contributed by atoms with E-state index in [-0.39, 0.29) is 0 Å². The molecule has 155 valence electrons. The lowest BCUT2D eigenvalue weighted by Gasteiger charge is -2.42. The second kappa shape index (κ2) is 8.65. The number of hydrogen-bond acceptors (Lipinski definition) is 2. The largest absolute Gasteiger partial charge is 0.504 e. The molecule has 1 radical (unpaired) electrons. The summed E-state index contributed by atoms with van der Waals surface area (Å²) in [5.41, 5.74) is 8.05. The van der Waals surface area contributed by atoms with Crippen LogP contribution in [0.15, 0.2) is 48.8 Å². The Labute approximate surface area is 178 Å². The molecule has 0 saturated carbocycles. The minimum Gasteiger partial charge on any atom is -0.504 e. The highest BCUT2D eigenvalue weighted by molar-refractivity contribution is 5.72. The zero-order valence-corrected chi connectivity index (χ0v) is 19.3. The van der Waals surface area contributed by atoms with Gasteiger partial charge in [0.2, 0.25) is 0 Å². The van der Waals surface area contributed by atoms with Gasteiger partial charge in [0.25, 0.3) is 0 Å². The van der Waals surface area contributed by atoms with Crippen molar-refractivity contribution in [3.05, 3.63) is 77.7 Å². The summed E-state index contributed by atoms with van der Waals surface area (Å²) in [6, 6.07) is 13.4. The highest BCUT2D eigenvalue weighted by Crippen LogP contribution is 2.42. The Morgan fingerprint density at radius 2 is 0.793 bits per heavy atom. The number of rotatable bonds is 6. The zero-order chi connectivity index (χ0) is 21.3. The quantitative estimate of drug-likeness (QED) is 0.463. The van der Waals surface area contributed by atoms with E-state index in [1.807, 2.05) is 0 Å². The molecule has 2 heteroatoms. The first-order chi connectivity index (χ1) is 13.7. The summed E-state index contributed by atoms with van der Waals surface area (Å²) in [6.07, 6.45) is 4.32. The van der Waals surface area contributed by atoms with Crippen LogP contribution in [0.3, 0.4) is 0 Å². The van der Waals surface area contributed by atoms with Gasteiger partial charge in [0.05, 0.1) is 0 Å². The molecule has 3 rings (SSSR count). The number of benzene rings is 2. The summed E-state index contributed by atoms with van der Waals surface area (Å²) in [4.78, 5) is 4.40. The van der Waals surface area contributed by atoms with Crippen LogP contribution in [0, 0.1) is 6.67 Å². The molecule has 2 nitrogen and oxygen atoms in total. The molecular formula is C27H36N2-. The Morgan fingerprint density at radius 1 is 0.517 bits per heavy atom. The summed E-state index contributed by atoms with van der Waals surface area (Å²) in [5, 5.41) is 0. The lowest BCUT2D eigenvalue weighted by molar-refractivity contribution is 0.819. The lowest BCUT2D eigenvalue weighted by atomic mass is 9.91. The van der Waals surface area contributed by atoms with Crippen LogP contribution in [0.25, 0.3) is 0 Å². The molecule has 0 fully saturated rings. The molecule has 1 aliphatic heterocycles. The standard InChI is InChI=1S/C27H36N2/c1-18(2)22-11-9-12-23(19(3)4)26(22)28-15-16-29(17-28)27-24(20(5)6)13-10-14-25(27)21(7)8/h9-16,18-21H,1-8H3/q-1. The summed E-state index contributed by atoms with van der Waals surface area (Å²) >= 11 is 0. The summed E-state index contributed by atoms with van der Waals surface area (Å²) in [7, 11) is 0. The fourth-order valence-corrected chi connectivity index (χ4v) is 4.14. The number of hydrogen-bond donors (Lipinski definition) is 0. The average Bonchev–Trinajstić information content (AvgIpc) is 3.15. The highest BCUT2D eigenvalue weighted by atomic mass is 15.3. The molecule has 29 heavy (non-hydrogen) atoms. The van der Waals surface area contributed by atoms with Gasteiger partial charge in [-0.25, -0.2) is 6.67 Å². The van der Waals surface area contributed by atoms with Crippen LogP contribution in [0.5, 0.6) is 0 Å². The maximum absolute atomic E-state index is 3.66. The van der Waals surface area contributed by atoms with E-state index in [2.05, 4.69) is 121 Å². The Kier molecular flexibility index (Phi) is 6.41. The zero-order valence-electron chi connectivity index (χ0n) is 19.3. The first kappa shape index (κ1) is 21.5. The number of nitrogens with zero attached hydrogens (tertiary/aromatic N) is 2. The monoisotopic (exact) mass is 388 g/mol. The predicted octanol–water partition coefficient (Wildman–Crippen LogP) is 7.97. The molecule has 0 N–H and O–H groups in total. The van der Waals surface area contributed by atoms with Gasteiger partial charge in [0, 0.05) is 11.4 Å². The summed E-state index contributed by atoms with van der Waals surface area (Å²) < 4.78 is 0. The molecule has 0 aromatic heterocycles. The maximum Gasteiger partial charge on any atom is 0.0175 e. The van der Waals surface area contributed by atoms with Crippen molar-refractivity contribution in [3.63, 3.8) is 0 Å². The van der Waals surface area contributed by atoms with E-state index in [9.17, 15) is 0 Å². The minimum atomic E-state index is 0.460.